The van der Waals surface area contributed by atoms with Crippen LogP contribution in [0.15, 0.2) is 48.8 Å². The molecule has 2 rings (SSSR count). The van der Waals surface area contributed by atoms with Gasteiger partial charge in [-0.3, -0.25) is 19.2 Å². The zero-order valence-corrected chi connectivity index (χ0v) is 27.0. The molecule has 258 valence electrons. The summed E-state index contributed by atoms with van der Waals surface area (Å²) < 4.78 is 19.7. The van der Waals surface area contributed by atoms with Crippen LogP contribution in [0.25, 0.3) is 0 Å². The van der Waals surface area contributed by atoms with Crippen molar-refractivity contribution in [1.82, 2.24) is 0 Å². The Bertz CT molecular complexity index is 1140. The highest BCUT2D eigenvalue weighted by Gasteiger charge is 2.54. The Kier molecular flexibility index (Phi) is 20.0. The van der Waals surface area contributed by atoms with Crippen molar-refractivity contribution in [3.63, 3.8) is 0 Å². The average Bonchev–Trinajstić information content (AvgIpc) is 3.61. The van der Waals surface area contributed by atoms with Gasteiger partial charge in [0, 0.05) is 24.0 Å². The first-order chi connectivity index (χ1) is 21.5. The van der Waals surface area contributed by atoms with Gasteiger partial charge in [0.2, 0.25) is 0 Å². The van der Waals surface area contributed by atoms with Gasteiger partial charge in [-0.2, -0.15) is 0 Å². The Hall–Kier alpha value is -4.42. The molecule has 3 N–H and O–H groups in total. The molecule has 2 bridgehead atoms. The Morgan fingerprint density at radius 2 is 1.09 bits per heavy atom. The third-order valence-electron chi connectivity index (χ3n) is 7.13. The fraction of sp³-hybridized carbons (Fsp3) is 0.576. The minimum atomic E-state index is -0.919. The number of ether oxygens (including phenoxy) is 4. The average molecular weight is 653 g/mol. The molecule has 13 nitrogen and oxygen atoms in total. The van der Waals surface area contributed by atoms with Crippen LogP contribution in [0.5, 0.6) is 0 Å². The largest absolute Gasteiger partial charge is 0.494 e. The molecule has 13 heteroatoms. The van der Waals surface area contributed by atoms with Gasteiger partial charge >= 0.3 is 35.8 Å². The maximum Gasteiger partial charge on any atom is 0.333 e. The van der Waals surface area contributed by atoms with E-state index in [0.29, 0.717) is 30.8 Å². The highest BCUT2D eigenvalue weighted by Crippen LogP contribution is 2.52. The van der Waals surface area contributed by atoms with Crippen LogP contribution in [0.1, 0.15) is 72.1 Å². The number of carboxylic acids is 3. The predicted molar refractivity (Wildman–Crippen MR) is 166 cm³/mol. The number of carbonyl (C=O) groups is 6. The molecule has 4 unspecified atom stereocenters. The Balaban J connectivity index is 0.000000705. The van der Waals surface area contributed by atoms with Gasteiger partial charge in [-0.15, -0.1) is 0 Å². The molecular weight excluding hydrogens is 604 g/mol. The zero-order valence-electron chi connectivity index (χ0n) is 27.0. The fourth-order valence-electron chi connectivity index (χ4n) is 4.71. The molecule has 2 fully saturated rings. The molecule has 0 heterocycles. The van der Waals surface area contributed by atoms with E-state index in [1.165, 1.54) is 6.92 Å². The van der Waals surface area contributed by atoms with Gasteiger partial charge in [-0.25, -0.2) is 9.59 Å². The van der Waals surface area contributed by atoms with E-state index in [9.17, 15) is 33.9 Å². The van der Waals surface area contributed by atoms with Gasteiger partial charge < -0.3 is 34.3 Å². The molecule has 4 atom stereocenters. The lowest BCUT2D eigenvalue weighted by Gasteiger charge is -2.26. The molecule has 2 aliphatic rings. The number of hydrogen-bond donors (Lipinski definition) is 3. The van der Waals surface area contributed by atoms with E-state index >= 15 is 0 Å². The fourth-order valence-corrected chi connectivity index (χ4v) is 4.71. The van der Waals surface area contributed by atoms with Crippen molar-refractivity contribution in [2.45, 2.75) is 72.1 Å². The maximum atomic E-state index is 12.1. The van der Waals surface area contributed by atoms with E-state index in [-0.39, 0.29) is 50.1 Å². The third-order valence-corrected chi connectivity index (χ3v) is 7.13. The summed E-state index contributed by atoms with van der Waals surface area (Å²) in [6.07, 6.45) is 4.36. The SMILES string of the molecule is C=C(C)C(=O)OCCCC(=O)O.C=C(C)C(=O)OCCOC(=O)C1C2CCC(C2)C1C(=O)O.C=C(CC)C(=C)OCCCC(=O)O. The number of rotatable bonds is 18. The Labute approximate surface area is 269 Å². The first kappa shape index (κ1) is 41.6. The highest BCUT2D eigenvalue weighted by molar-refractivity contribution is 5.87. The van der Waals surface area contributed by atoms with Gasteiger partial charge in [-0.05, 0) is 69.8 Å². The molecule has 46 heavy (non-hydrogen) atoms. The summed E-state index contributed by atoms with van der Waals surface area (Å²) in [6, 6.07) is 0. The number of fused-ring (bicyclic) bond motifs is 2. The van der Waals surface area contributed by atoms with Gasteiger partial charge in [-0.1, -0.05) is 33.2 Å². The summed E-state index contributed by atoms with van der Waals surface area (Å²) in [7, 11) is 0. The number of allylic oxidation sites excluding steroid dienone is 1. The summed E-state index contributed by atoms with van der Waals surface area (Å²) in [5.41, 5.74) is 1.46. The molecule has 0 aromatic heterocycles. The summed E-state index contributed by atoms with van der Waals surface area (Å²) in [6.45, 7) is 19.7. The molecular formula is C33H48O13. The summed E-state index contributed by atoms with van der Waals surface area (Å²) in [5, 5.41) is 25.8. The normalized spacial score (nSPS) is 18.7. The highest BCUT2D eigenvalue weighted by atomic mass is 16.6. The monoisotopic (exact) mass is 652 g/mol. The van der Waals surface area contributed by atoms with Crippen LogP contribution < -0.4 is 0 Å². The number of carbonyl (C=O) groups excluding carboxylic acids is 3. The molecule has 0 amide bonds. The molecule has 2 saturated carbocycles. The van der Waals surface area contributed by atoms with Gasteiger partial charge in [0.05, 0.1) is 25.0 Å². The number of carboxylic acid groups (broad SMARTS) is 3. The lowest BCUT2D eigenvalue weighted by Crippen LogP contribution is -2.36. The van der Waals surface area contributed by atoms with Crippen molar-refractivity contribution < 1.29 is 63.0 Å². The van der Waals surface area contributed by atoms with Gasteiger partial charge in [0.15, 0.2) is 0 Å². The first-order valence-electron chi connectivity index (χ1n) is 15.0. The third kappa shape index (κ3) is 16.6. The maximum absolute atomic E-state index is 12.1. The molecule has 2 aliphatic carbocycles. The van der Waals surface area contributed by atoms with Crippen LogP contribution in [-0.2, 0) is 47.7 Å². The van der Waals surface area contributed by atoms with E-state index in [4.69, 9.17) is 24.4 Å². The minimum absolute atomic E-state index is 0.0173. The van der Waals surface area contributed by atoms with Gasteiger partial charge in [0.25, 0.3) is 0 Å². The van der Waals surface area contributed by atoms with Crippen LogP contribution >= 0.6 is 0 Å². The first-order valence-corrected chi connectivity index (χ1v) is 15.0. The zero-order chi connectivity index (χ0) is 35.4. The van der Waals surface area contributed by atoms with Crippen molar-refractivity contribution in [3.05, 3.63) is 48.8 Å². The van der Waals surface area contributed by atoms with Crippen LogP contribution in [-0.4, -0.2) is 77.6 Å². The van der Waals surface area contributed by atoms with Crippen molar-refractivity contribution >= 4 is 35.8 Å². The van der Waals surface area contributed by atoms with Crippen LogP contribution in [0.4, 0.5) is 0 Å². The van der Waals surface area contributed by atoms with E-state index in [0.717, 1.165) is 31.3 Å². The molecule has 0 aliphatic heterocycles. The van der Waals surface area contributed by atoms with Crippen molar-refractivity contribution in [2.75, 3.05) is 26.4 Å². The predicted octanol–water partition coefficient (Wildman–Crippen LogP) is 4.71. The quantitative estimate of drug-likeness (QED) is 0.0459. The molecule has 0 radical (unpaired) electrons. The summed E-state index contributed by atoms with van der Waals surface area (Å²) in [4.78, 5) is 65.4. The molecule has 0 aromatic carbocycles. The van der Waals surface area contributed by atoms with Crippen LogP contribution in [0.3, 0.4) is 0 Å². The van der Waals surface area contributed by atoms with E-state index in [1.54, 1.807) is 6.92 Å². The Morgan fingerprint density at radius 3 is 1.52 bits per heavy atom. The molecule has 0 spiro atoms. The molecule has 0 aromatic rings. The van der Waals surface area contributed by atoms with Crippen LogP contribution in [0, 0.1) is 23.7 Å². The van der Waals surface area contributed by atoms with Crippen molar-refractivity contribution in [3.8, 4) is 0 Å². The lowest BCUT2D eigenvalue weighted by molar-refractivity contribution is -0.162. The van der Waals surface area contributed by atoms with Gasteiger partial charge in [0.1, 0.15) is 19.0 Å². The van der Waals surface area contributed by atoms with E-state index in [2.05, 4.69) is 31.1 Å². The van der Waals surface area contributed by atoms with Crippen molar-refractivity contribution in [1.29, 1.82) is 0 Å². The summed E-state index contributed by atoms with van der Waals surface area (Å²) in [5.74, 6) is -4.52. The topological polar surface area (TPSA) is 200 Å². The number of hydrogen-bond acceptors (Lipinski definition) is 10. The second-order valence-electron chi connectivity index (χ2n) is 10.9. The number of aliphatic carboxylic acids is 3. The number of esters is 3. The standard InChI is InChI=1S/C15H20O6.C10H16O3.C8H12O4/c1-8(2)14(18)20-5-6-21-15(19)12-10-4-3-9(7-10)11(12)13(16)17;1-4-8(2)9(3)13-7-5-6-10(11)12;1-6(2)8(11)12-5-3-4-7(9)10/h9-12H,1,3-7H2,2H3,(H,16,17);2-7H2,1H3,(H,11,12);1,3-5H2,2H3,(H,9,10). The second kappa shape index (κ2) is 22.1. The second-order valence-corrected chi connectivity index (χ2v) is 10.9. The van der Waals surface area contributed by atoms with Crippen molar-refractivity contribution in [2.24, 2.45) is 23.7 Å². The Morgan fingerprint density at radius 1 is 0.652 bits per heavy atom. The van der Waals surface area contributed by atoms with Crippen LogP contribution in [0.2, 0.25) is 0 Å². The smallest absolute Gasteiger partial charge is 0.333 e. The molecule has 0 saturated heterocycles. The minimum Gasteiger partial charge on any atom is -0.494 e. The summed E-state index contributed by atoms with van der Waals surface area (Å²) >= 11 is 0. The van der Waals surface area contributed by atoms with E-state index in [1.807, 2.05) is 6.92 Å². The van der Waals surface area contributed by atoms with E-state index < -0.39 is 47.7 Å². The lowest BCUT2D eigenvalue weighted by atomic mass is 9.79.